The quantitative estimate of drug-likeness (QED) is 0.0237. The summed E-state index contributed by atoms with van der Waals surface area (Å²) in [6.45, 7) is -3.46. The Balaban J connectivity index is 0.874. The van der Waals surface area contributed by atoms with Crippen LogP contribution in [0.3, 0.4) is 0 Å². The number of amides is 1. The van der Waals surface area contributed by atoms with Crippen molar-refractivity contribution in [2.45, 2.75) is 73.9 Å². The number of ether oxygens (including phenoxy) is 4. The van der Waals surface area contributed by atoms with Gasteiger partial charge in [0.05, 0.1) is 45.6 Å². The van der Waals surface area contributed by atoms with Crippen LogP contribution in [-0.4, -0.2) is 165 Å². The van der Waals surface area contributed by atoms with Crippen molar-refractivity contribution in [2.75, 3.05) is 44.1 Å². The Labute approximate surface area is 432 Å². The average molecular weight is 1190 g/mol. The second-order valence-corrected chi connectivity index (χ2v) is 23.3. The minimum Gasteiger partial charge on any atom is -0.756 e. The lowest BCUT2D eigenvalue weighted by Gasteiger charge is -2.31. The molecule has 0 aromatic carbocycles. The maximum atomic E-state index is 13.6. The summed E-state index contributed by atoms with van der Waals surface area (Å²) >= 11 is 0. The number of aromatic nitrogens is 12. The minimum absolute atomic E-state index is 0.0152. The maximum absolute atomic E-state index is 13.6. The number of nitrogens with two attached hydrogens (primary N) is 4. The molecule has 78 heavy (non-hydrogen) atoms. The predicted molar refractivity (Wildman–Crippen MR) is 248 cm³/mol. The molecule has 3 fully saturated rings. The molecule has 3 aliphatic heterocycles. The van der Waals surface area contributed by atoms with E-state index in [-0.39, 0.29) is 51.2 Å². The fourth-order valence-corrected chi connectivity index (χ4v) is 13.3. The topological polar surface area (TPSA) is 588 Å². The van der Waals surface area contributed by atoms with Crippen LogP contribution in [0.5, 0.6) is 0 Å². The molecule has 44 heteroatoms. The smallest absolute Gasteiger partial charge is 0.490 e. The molecule has 0 saturated carbocycles. The van der Waals surface area contributed by atoms with Crippen molar-refractivity contribution in [3.8, 4) is 0 Å². The van der Waals surface area contributed by atoms with E-state index in [1.54, 1.807) is 0 Å². The predicted octanol–water partition coefficient (Wildman–Crippen LogP) is -5.21. The van der Waals surface area contributed by atoms with Crippen molar-refractivity contribution in [1.82, 2.24) is 53.6 Å². The van der Waals surface area contributed by atoms with Gasteiger partial charge in [-0.1, -0.05) is 0 Å². The molecular formula is C34H46N16O24P4. The van der Waals surface area contributed by atoms with E-state index in [1.165, 1.54) is 22.5 Å². The first-order valence-corrected chi connectivity index (χ1v) is 28.1. The third-order valence-electron chi connectivity index (χ3n) is 12.2. The summed E-state index contributed by atoms with van der Waals surface area (Å²) in [5, 5.41) is 33.0. The van der Waals surface area contributed by atoms with Gasteiger partial charge in [-0.25, -0.2) is 38.2 Å². The molecule has 0 aliphatic carbocycles. The second kappa shape index (κ2) is 21.4. The second-order valence-electron chi connectivity index (χ2n) is 17.3. The van der Waals surface area contributed by atoms with Gasteiger partial charge in [0.2, 0.25) is 30.4 Å². The van der Waals surface area contributed by atoms with Gasteiger partial charge in [0.15, 0.2) is 35.1 Å². The first-order valence-electron chi connectivity index (χ1n) is 22.1. The van der Waals surface area contributed by atoms with Crippen LogP contribution in [0, 0.1) is 5.92 Å². The molecule has 16 atom stereocenters. The fourth-order valence-electron chi connectivity index (χ4n) is 8.85. The molecule has 5 unspecified atom stereocenters. The highest BCUT2D eigenvalue weighted by Crippen LogP contribution is 2.68. The number of primary amides is 1. The number of carbonyl (C=O) groups is 1. The van der Waals surface area contributed by atoms with Crippen molar-refractivity contribution in [3.05, 3.63) is 46.0 Å². The van der Waals surface area contributed by atoms with Crippen LogP contribution in [0.15, 0.2) is 34.9 Å². The Kier molecular flexibility index (Phi) is 15.7. The van der Waals surface area contributed by atoms with Gasteiger partial charge in [0, 0.05) is 19.4 Å². The number of H-pyrrole nitrogens is 2. The number of methoxy groups -OCH3 is 1. The SMILES string of the molecule is CO[C@@H]1[C@H](OP(=O)([O-])OC[C@H]2O[C@@H](n3cnc4c(=O)[nH]c(N)nc43)[C@H](O)[C@@H]2O)[C@@H](COP(=O)(O)OP(=O)(O)OP(=O)(O)OC[C@H]2OC(n3c[n+](C)c4c(=O)[nH]c(N)nc43)[C@H](O)[C@@H]2CC(N)=O)O[C@H]1n1cnc2c(N)ncnc21. The number of rotatable bonds is 21. The fraction of sp³-hybridized carbons (Fsp3) is 0.529. The van der Waals surface area contributed by atoms with E-state index in [1.807, 2.05) is 0 Å². The number of aliphatic hydroxyl groups is 3. The summed E-state index contributed by atoms with van der Waals surface area (Å²) in [4.78, 5) is 111. The molecular weight excluding hydrogens is 1140 g/mol. The molecule has 1 amide bonds. The van der Waals surface area contributed by atoms with Gasteiger partial charge in [-0.3, -0.25) is 47.1 Å². The van der Waals surface area contributed by atoms with Gasteiger partial charge in [-0.2, -0.15) is 23.2 Å². The van der Waals surface area contributed by atoms with Crippen molar-refractivity contribution in [3.63, 3.8) is 0 Å². The number of imidazole rings is 3. The number of phosphoric acid groups is 4. The summed E-state index contributed by atoms with van der Waals surface area (Å²) in [5.41, 5.74) is 20.7. The molecule has 0 radical (unpaired) electrons. The highest BCUT2D eigenvalue weighted by atomic mass is 31.3. The zero-order valence-electron chi connectivity index (χ0n) is 39.7. The third kappa shape index (κ3) is 11.5. The Bertz CT molecular complexity index is 3600. The molecule has 6 aromatic heterocycles. The number of aromatic amines is 2. The van der Waals surface area contributed by atoms with Gasteiger partial charge in [-0.05, 0) is 0 Å². The molecule has 426 valence electrons. The van der Waals surface area contributed by atoms with Crippen LogP contribution in [-0.2, 0) is 75.8 Å². The van der Waals surface area contributed by atoms with Crippen molar-refractivity contribution in [2.24, 2.45) is 18.7 Å². The number of nitrogens with zero attached hydrogens (tertiary/aromatic N) is 10. The molecule has 6 aromatic rings. The molecule has 0 bridgehead atoms. The lowest BCUT2D eigenvalue weighted by Crippen LogP contribution is -2.39. The van der Waals surface area contributed by atoms with Crippen LogP contribution >= 0.6 is 31.3 Å². The summed E-state index contributed by atoms with van der Waals surface area (Å²) in [7, 11) is -21.4. The summed E-state index contributed by atoms with van der Waals surface area (Å²) in [6.07, 6.45) is -14.6. The highest BCUT2D eigenvalue weighted by Gasteiger charge is 2.53. The maximum Gasteiger partial charge on any atom is 0.490 e. The van der Waals surface area contributed by atoms with Crippen LogP contribution in [0.1, 0.15) is 25.1 Å². The molecule has 3 saturated heterocycles. The lowest BCUT2D eigenvalue weighted by atomic mass is 9.94. The summed E-state index contributed by atoms with van der Waals surface area (Å²) < 4.78 is 109. The number of hydrogen-bond acceptors (Lipinski definition) is 30. The van der Waals surface area contributed by atoms with Gasteiger partial charge < -0.3 is 85.8 Å². The Morgan fingerprint density at radius 2 is 1.28 bits per heavy atom. The van der Waals surface area contributed by atoms with Gasteiger partial charge in [0.1, 0.15) is 54.6 Å². The monoisotopic (exact) mass is 1190 g/mol. The van der Waals surface area contributed by atoms with E-state index in [9.17, 15) is 67.5 Å². The van der Waals surface area contributed by atoms with Gasteiger partial charge in [0.25, 0.3) is 24.5 Å². The van der Waals surface area contributed by atoms with E-state index in [2.05, 4.69) is 48.5 Å². The third-order valence-corrected chi connectivity index (χ3v) is 17.4. The van der Waals surface area contributed by atoms with E-state index in [0.717, 1.165) is 35.2 Å². The largest absolute Gasteiger partial charge is 0.756 e. The number of fused-ring (bicyclic) bond motifs is 3. The Morgan fingerprint density at radius 1 is 0.718 bits per heavy atom. The Hall–Kier alpha value is -5.64. The standard InChI is InChI=1S/C34H46N16O24P4/c1-47-10-50(27-18(47)29(56)46-34(38)44-27)30-19(52)11(3-15(35)51)12(69-30)4-67-76(59,60)73-78(63,64)74-77(61,62)68-6-14-22(23(65-2)32(71-14)48-8-41-16-24(36)39-7-40-25(16)48)72-75(57,58)66-5-13-20(53)21(54)31(70-13)49-9-42-17-26(49)43-33(37)45-28(17)55/h7-14,19-23,30-32,52-54H,3-6H2,1-2H3,(H13-,35,36,37,38,39,40,43,44,45,46,51,55,56,57,58,59,60,61,62,63,64)/t11-,12-,13-,14-,19-,20-,21-,22-,23-,30?,31-,32-/m1/s1. The number of phosphoric ester groups is 3. The van der Waals surface area contributed by atoms with E-state index in [4.69, 9.17) is 60.0 Å². The number of anilines is 3. The summed E-state index contributed by atoms with van der Waals surface area (Å²) in [5.74, 6) is -3.05. The molecule has 9 heterocycles. The van der Waals surface area contributed by atoms with E-state index < -0.39 is 148 Å². The van der Waals surface area contributed by atoms with Crippen molar-refractivity contribution >= 4 is 88.4 Å². The van der Waals surface area contributed by atoms with Crippen LogP contribution in [0.25, 0.3) is 33.5 Å². The number of hydrogen-bond donors (Lipinski definition) is 12. The molecule has 16 N–H and O–H groups in total. The van der Waals surface area contributed by atoms with Crippen molar-refractivity contribution < 1.29 is 108 Å². The molecule has 3 aliphatic rings. The molecule has 9 rings (SSSR count). The van der Waals surface area contributed by atoms with Crippen molar-refractivity contribution in [1.29, 1.82) is 0 Å². The number of nitrogens with one attached hydrogen (secondary N) is 2. The minimum atomic E-state index is -6.25. The molecule has 0 spiro atoms. The normalized spacial score (nSPS) is 29.7. The summed E-state index contributed by atoms with van der Waals surface area (Å²) in [6, 6.07) is 0. The lowest BCUT2D eigenvalue weighted by molar-refractivity contribution is -0.646. The van der Waals surface area contributed by atoms with E-state index in [0.29, 0.717) is 0 Å². The van der Waals surface area contributed by atoms with Crippen LogP contribution in [0.4, 0.5) is 17.7 Å². The first-order chi connectivity index (χ1) is 36.6. The zero-order valence-corrected chi connectivity index (χ0v) is 43.2. The van der Waals surface area contributed by atoms with Crippen LogP contribution < -0.4 is 43.5 Å². The number of carbonyl (C=O) groups excluding carboxylic acids is 1. The highest BCUT2D eigenvalue weighted by molar-refractivity contribution is 7.66. The number of aliphatic hydroxyl groups excluding tert-OH is 3. The number of nitrogen functional groups attached to an aromatic ring is 3. The Morgan fingerprint density at radius 3 is 1.94 bits per heavy atom. The van der Waals surface area contributed by atoms with E-state index >= 15 is 0 Å². The first kappa shape index (κ1) is 57.1. The average Bonchev–Trinajstić information content (AvgIpc) is 4.28. The van der Waals surface area contributed by atoms with Gasteiger partial charge in [-0.15, -0.1) is 0 Å². The van der Waals surface area contributed by atoms with Crippen LogP contribution in [0.2, 0.25) is 0 Å². The zero-order chi connectivity index (χ0) is 56.6. The van der Waals surface area contributed by atoms with Gasteiger partial charge >= 0.3 is 29.0 Å². The number of aryl methyl sites for hydroxylation is 1. The molecule has 40 nitrogen and oxygen atoms in total.